The van der Waals surface area contributed by atoms with Crippen molar-refractivity contribution in [3.63, 3.8) is 0 Å². The summed E-state index contributed by atoms with van der Waals surface area (Å²) in [5, 5.41) is 3.06. The SMILES string of the molecule is CCCOCc1ccc(-c2cc(C(=O)NCc3c(C)cc(C)[nH]c3=O)c(C)c(N(CC)C3CCC(N(C)C)CC3)c2)cc1. The Kier molecular flexibility index (Phi) is 11.2. The molecule has 1 heterocycles. The minimum atomic E-state index is -0.170. The van der Waals surface area contributed by atoms with Crippen LogP contribution >= 0.6 is 0 Å². The van der Waals surface area contributed by atoms with Crippen LogP contribution in [0.3, 0.4) is 0 Å². The number of ether oxygens (including phenoxy) is 1. The molecule has 1 fully saturated rings. The summed E-state index contributed by atoms with van der Waals surface area (Å²) in [6.07, 6.45) is 5.60. The van der Waals surface area contributed by atoms with E-state index < -0.39 is 0 Å². The number of carbonyl (C=O) groups is 1. The first-order valence-electron chi connectivity index (χ1n) is 15.8. The number of amides is 1. The van der Waals surface area contributed by atoms with Gasteiger partial charge >= 0.3 is 0 Å². The normalized spacial score (nSPS) is 16.8. The fourth-order valence-corrected chi connectivity index (χ4v) is 6.40. The zero-order valence-corrected chi connectivity index (χ0v) is 27.2. The summed E-state index contributed by atoms with van der Waals surface area (Å²) in [7, 11) is 4.35. The van der Waals surface area contributed by atoms with Gasteiger partial charge in [-0.3, -0.25) is 9.59 Å². The number of carbonyl (C=O) groups excluding carboxylic acids is 1. The van der Waals surface area contributed by atoms with E-state index in [0.29, 0.717) is 29.8 Å². The highest BCUT2D eigenvalue weighted by Gasteiger charge is 2.28. The highest BCUT2D eigenvalue weighted by molar-refractivity contribution is 5.99. The molecule has 0 aliphatic heterocycles. The monoisotopic (exact) mass is 586 g/mol. The number of rotatable bonds is 12. The van der Waals surface area contributed by atoms with Crippen LogP contribution in [0.1, 0.15) is 84.3 Å². The third-order valence-corrected chi connectivity index (χ3v) is 8.94. The van der Waals surface area contributed by atoms with Gasteiger partial charge in [0.15, 0.2) is 0 Å². The maximum absolute atomic E-state index is 13.8. The first-order valence-corrected chi connectivity index (χ1v) is 15.8. The summed E-state index contributed by atoms with van der Waals surface area (Å²) >= 11 is 0. The fourth-order valence-electron chi connectivity index (χ4n) is 6.40. The number of hydrogen-bond donors (Lipinski definition) is 2. The van der Waals surface area contributed by atoms with Crippen molar-refractivity contribution in [1.29, 1.82) is 0 Å². The molecular weight excluding hydrogens is 536 g/mol. The maximum Gasteiger partial charge on any atom is 0.253 e. The number of anilines is 1. The second kappa shape index (κ2) is 14.8. The zero-order valence-electron chi connectivity index (χ0n) is 27.2. The second-order valence-electron chi connectivity index (χ2n) is 12.3. The smallest absolute Gasteiger partial charge is 0.253 e. The van der Waals surface area contributed by atoms with Gasteiger partial charge in [-0.15, -0.1) is 0 Å². The Bertz CT molecular complexity index is 1440. The lowest BCUT2D eigenvalue weighted by atomic mass is 9.88. The average molecular weight is 587 g/mol. The first kappa shape index (κ1) is 32.5. The Morgan fingerprint density at radius 2 is 1.63 bits per heavy atom. The molecule has 1 aliphatic carbocycles. The fraction of sp³-hybridized carbons (Fsp3) is 0.500. The number of nitrogens with one attached hydrogen (secondary N) is 2. The van der Waals surface area contributed by atoms with Gasteiger partial charge in [0.1, 0.15) is 0 Å². The van der Waals surface area contributed by atoms with Crippen LogP contribution < -0.4 is 15.8 Å². The maximum atomic E-state index is 13.8. The molecule has 0 saturated heterocycles. The van der Waals surface area contributed by atoms with Crippen molar-refractivity contribution < 1.29 is 9.53 Å². The highest BCUT2D eigenvalue weighted by Crippen LogP contribution is 2.36. The van der Waals surface area contributed by atoms with Gasteiger partial charge in [0.2, 0.25) is 0 Å². The van der Waals surface area contributed by atoms with Crippen molar-refractivity contribution in [2.45, 2.75) is 92.0 Å². The Hall–Kier alpha value is -3.42. The molecule has 232 valence electrons. The van der Waals surface area contributed by atoms with Crippen molar-refractivity contribution in [2.24, 2.45) is 0 Å². The molecule has 1 aromatic heterocycles. The van der Waals surface area contributed by atoms with Crippen molar-refractivity contribution in [3.05, 3.63) is 86.3 Å². The lowest BCUT2D eigenvalue weighted by molar-refractivity contribution is 0.0950. The van der Waals surface area contributed by atoms with Crippen LogP contribution in [-0.2, 0) is 17.9 Å². The largest absolute Gasteiger partial charge is 0.377 e. The van der Waals surface area contributed by atoms with E-state index >= 15 is 0 Å². The van der Waals surface area contributed by atoms with Gasteiger partial charge in [0.25, 0.3) is 11.5 Å². The number of nitrogens with zero attached hydrogens (tertiary/aromatic N) is 2. The van der Waals surface area contributed by atoms with Gasteiger partial charge in [0, 0.05) is 54.3 Å². The Morgan fingerprint density at radius 3 is 2.23 bits per heavy atom. The molecule has 4 rings (SSSR count). The summed E-state index contributed by atoms with van der Waals surface area (Å²) in [6, 6.07) is 15.7. The van der Waals surface area contributed by atoms with Gasteiger partial charge in [-0.25, -0.2) is 0 Å². The second-order valence-corrected chi connectivity index (χ2v) is 12.3. The van der Waals surface area contributed by atoms with Crippen LogP contribution in [0, 0.1) is 20.8 Å². The average Bonchev–Trinajstić information content (AvgIpc) is 2.98. The minimum absolute atomic E-state index is 0.155. The molecule has 2 aromatic carbocycles. The molecule has 7 nitrogen and oxygen atoms in total. The zero-order chi connectivity index (χ0) is 31.1. The van der Waals surface area contributed by atoms with E-state index in [1.165, 1.54) is 12.8 Å². The molecule has 3 aromatic rings. The quantitative estimate of drug-likeness (QED) is 0.236. The molecule has 0 unspecified atom stereocenters. The molecule has 0 bridgehead atoms. The van der Waals surface area contributed by atoms with E-state index in [1.807, 2.05) is 26.0 Å². The van der Waals surface area contributed by atoms with Gasteiger partial charge in [0.05, 0.1) is 6.61 Å². The molecule has 7 heteroatoms. The number of aryl methyl sites for hydroxylation is 2. The molecule has 43 heavy (non-hydrogen) atoms. The van der Waals surface area contributed by atoms with Gasteiger partial charge < -0.3 is 24.8 Å². The third kappa shape index (κ3) is 7.95. The summed E-state index contributed by atoms with van der Waals surface area (Å²) in [5.74, 6) is -0.170. The third-order valence-electron chi connectivity index (χ3n) is 8.94. The van der Waals surface area contributed by atoms with Crippen molar-refractivity contribution >= 4 is 11.6 Å². The Labute approximate surface area is 257 Å². The standard InChI is InChI=1S/C36H50N4O3/c1-8-18-43-23-27-10-12-28(13-11-27)29-20-32(35(41)37-22-33-24(3)19-25(4)38-36(33)42)26(5)34(21-29)40(9-2)31-16-14-30(15-17-31)39(6)7/h10-13,19-21,30-31H,8-9,14-18,22-23H2,1-7H3,(H,37,41)(H,38,42). The number of aromatic amines is 1. The lowest BCUT2D eigenvalue weighted by Gasteiger charge is -2.40. The molecule has 0 atom stereocenters. The van der Waals surface area contributed by atoms with E-state index in [1.54, 1.807) is 0 Å². The van der Waals surface area contributed by atoms with Gasteiger partial charge in [-0.2, -0.15) is 0 Å². The van der Waals surface area contributed by atoms with Crippen LogP contribution in [-0.4, -0.2) is 55.1 Å². The van der Waals surface area contributed by atoms with E-state index in [0.717, 1.165) is 71.6 Å². The molecule has 1 saturated carbocycles. The first-order chi connectivity index (χ1) is 20.6. The van der Waals surface area contributed by atoms with E-state index in [9.17, 15) is 9.59 Å². The highest BCUT2D eigenvalue weighted by atomic mass is 16.5. The van der Waals surface area contributed by atoms with Crippen molar-refractivity contribution in [2.75, 3.05) is 32.1 Å². The van der Waals surface area contributed by atoms with Crippen molar-refractivity contribution in [1.82, 2.24) is 15.2 Å². The van der Waals surface area contributed by atoms with Crippen molar-refractivity contribution in [3.8, 4) is 11.1 Å². The number of benzene rings is 2. The molecule has 0 spiro atoms. The predicted molar refractivity (Wildman–Crippen MR) is 177 cm³/mol. The van der Waals surface area contributed by atoms with Crippen LogP contribution in [0.2, 0.25) is 0 Å². The minimum Gasteiger partial charge on any atom is -0.377 e. The van der Waals surface area contributed by atoms with Crippen LogP contribution in [0.25, 0.3) is 11.1 Å². The van der Waals surface area contributed by atoms with Gasteiger partial charge in [-0.05, 0) is 120 Å². The van der Waals surface area contributed by atoms with E-state index in [4.69, 9.17) is 4.74 Å². The van der Waals surface area contributed by atoms with Crippen LogP contribution in [0.15, 0.2) is 47.3 Å². The van der Waals surface area contributed by atoms with Gasteiger partial charge in [-0.1, -0.05) is 31.2 Å². The summed E-state index contributed by atoms with van der Waals surface area (Å²) in [6.45, 7) is 12.5. The Balaban J connectivity index is 1.68. The molecule has 1 aliphatic rings. The summed E-state index contributed by atoms with van der Waals surface area (Å²) in [4.78, 5) is 34.1. The summed E-state index contributed by atoms with van der Waals surface area (Å²) in [5.41, 5.74) is 8.05. The lowest BCUT2D eigenvalue weighted by Crippen LogP contribution is -2.42. The number of pyridine rings is 1. The Morgan fingerprint density at radius 1 is 0.953 bits per heavy atom. The molecular formula is C36H50N4O3. The summed E-state index contributed by atoms with van der Waals surface area (Å²) < 4.78 is 5.73. The molecule has 0 radical (unpaired) electrons. The number of aromatic nitrogens is 1. The van der Waals surface area contributed by atoms with E-state index in [2.05, 4.69) is 85.3 Å². The topological polar surface area (TPSA) is 77.7 Å². The number of hydrogen-bond acceptors (Lipinski definition) is 5. The van der Waals surface area contributed by atoms with E-state index in [-0.39, 0.29) is 18.0 Å². The van der Waals surface area contributed by atoms with Crippen LogP contribution in [0.5, 0.6) is 0 Å². The number of H-pyrrole nitrogens is 1. The van der Waals surface area contributed by atoms with Crippen LogP contribution in [0.4, 0.5) is 5.69 Å². The molecule has 2 N–H and O–H groups in total. The molecule has 1 amide bonds. The predicted octanol–water partition coefficient (Wildman–Crippen LogP) is 6.52.